The van der Waals surface area contributed by atoms with Crippen molar-refractivity contribution in [2.75, 3.05) is 0 Å². The zero-order valence-corrected chi connectivity index (χ0v) is 11.4. The summed E-state index contributed by atoms with van der Waals surface area (Å²) in [6, 6.07) is 0. The highest BCUT2D eigenvalue weighted by Gasteiger charge is 2.29. The predicted octanol–water partition coefficient (Wildman–Crippen LogP) is 2.55. The number of halogens is 1. The maximum absolute atomic E-state index is 11.7. The van der Waals surface area contributed by atoms with Crippen molar-refractivity contribution < 1.29 is 0 Å². The Bertz CT molecular complexity index is 441. The van der Waals surface area contributed by atoms with Crippen LogP contribution in [-0.2, 0) is 5.41 Å². The molecular weight excluding hydrogens is 303 g/mol. The Morgan fingerprint density at radius 2 is 2.00 bits per heavy atom. The highest BCUT2D eigenvalue weighted by Crippen LogP contribution is 2.38. The second kappa shape index (κ2) is 3.57. The first-order valence-corrected chi connectivity index (χ1v) is 6.27. The molecule has 3 nitrogen and oxygen atoms in total. The lowest BCUT2D eigenvalue weighted by molar-refractivity contribution is 0.555. The number of H-pyrrole nitrogens is 1. The molecule has 1 aliphatic rings. The minimum absolute atomic E-state index is 0.0115. The molecule has 1 fully saturated rings. The highest BCUT2D eigenvalue weighted by atomic mass is 127. The van der Waals surface area contributed by atoms with Gasteiger partial charge in [-0.05, 0) is 35.4 Å². The Hall–Kier alpha value is -0.390. The number of hydrogen-bond acceptors (Lipinski definition) is 2. The number of aromatic nitrogens is 2. The van der Waals surface area contributed by atoms with Crippen molar-refractivity contribution in [1.82, 2.24) is 9.97 Å². The molecule has 1 aliphatic carbocycles. The van der Waals surface area contributed by atoms with E-state index in [1.807, 2.05) is 0 Å². The molecule has 0 aromatic carbocycles. The SMILES string of the molecule is CC(C)(C)c1nc(C2CC2)[nH]c(=O)c1I. The third kappa shape index (κ3) is 2.24. The summed E-state index contributed by atoms with van der Waals surface area (Å²) < 4.78 is 0.726. The molecule has 1 N–H and O–H groups in total. The van der Waals surface area contributed by atoms with Crippen molar-refractivity contribution in [2.24, 2.45) is 0 Å². The van der Waals surface area contributed by atoms with Crippen LogP contribution in [0.2, 0.25) is 0 Å². The summed E-state index contributed by atoms with van der Waals surface area (Å²) >= 11 is 2.08. The quantitative estimate of drug-likeness (QED) is 0.809. The summed E-state index contributed by atoms with van der Waals surface area (Å²) in [5, 5.41) is 0. The zero-order valence-electron chi connectivity index (χ0n) is 9.22. The van der Waals surface area contributed by atoms with Gasteiger partial charge >= 0.3 is 0 Å². The number of nitrogens with zero attached hydrogens (tertiary/aromatic N) is 1. The molecule has 1 saturated carbocycles. The molecule has 4 heteroatoms. The summed E-state index contributed by atoms with van der Waals surface area (Å²) in [5.41, 5.74) is 0.875. The van der Waals surface area contributed by atoms with E-state index in [1.54, 1.807) is 0 Å². The van der Waals surface area contributed by atoms with E-state index in [1.165, 1.54) is 0 Å². The van der Waals surface area contributed by atoms with E-state index in [0.717, 1.165) is 27.9 Å². The first-order chi connectivity index (χ1) is 6.89. The molecule has 1 heterocycles. The molecule has 0 spiro atoms. The molecular formula is C11H15IN2O. The van der Waals surface area contributed by atoms with E-state index in [4.69, 9.17) is 0 Å². The van der Waals surface area contributed by atoms with Crippen LogP contribution in [0, 0.1) is 3.57 Å². The van der Waals surface area contributed by atoms with Crippen LogP contribution in [0.15, 0.2) is 4.79 Å². The van der Waals surface area contributed by atoms with Crippen LogP contribution in [0.1, 0.15) is 51.0 Å². The van der Waals surface area contributed by atoms with Crippen molar-refractivity contribution in [3.05, 3.63) is 25.4 Å². The summed E-state index contributed by atoms with van der Waals surface area (Å²) in [5.74, 6) is 1.38. The second-order valence-electron chi connectivity index (χ2n) is 5.14. The van der Waals surface area contributed by atoms with Crippen LogP contribution >= 0.6 is 22.6 Å². The fourth-order valence-electron chi connectivity index (χ4n) is 1.52. The predicted molar refractivity (Wildman–Crippen MR) is 68.2 cm³/mol. The molecule has 1 aromatic rings. The van der Waals surface area contributed by atoms with Crippen LogP contribution in [0.3, 0.4) is 0 Å². The first kappa shape index (κ1) is 11.1. The maximum Gasteiger partial charge on any atom is 0.264 e. The Morgan fingerprint density at radius 3 is 2.47 bits per heavy atom. The van der Waals surface area contributed by atoms with Gasteiger partial charge in [-0.3, -0.25) is 4.79 Å². The van der Waals surface area contributed by atoms with Gasteiger partial charge in [0.25, 0.3) is 5.56 Å². The highest BCUT2D eigenvalue weighted by molar-refractivity contribution is 14.1. The van der Waals surface area contributed by atoms with Crippen LogP contribution < -0.4 is 5.56 Å². The fourth-order valence-corrected chi connectivity index (χ4v) is 2.59. The molecule has 0 saturated heterocycles. The average molecular weight is 318 g/mol. The number of nitrogens with one attached hydrogen (secondary N) is 1. The lowest BCUT2D eigenvalue weighted by atomic mass is 9.92. The van der Waals surface area contributed by atoms with Crippen molar-refractivity contribution >= 4 is 22.6 Å². The molecule has 1 aromatic heterocycles. The monoisotopic (exact) mass is 318 g/mol. The average Bonchev–Trinajstić information content (AvgIpc) is 2.90. The van der Waals surface area contributed by atoms with Gasteiger partial charge < -0.3 is 4.98 Å². The molecule has 0 radical (unpaired) electrons. The molecule has 15 heavy (non-hydrogen) atoms. The van der Waals surface area contributed by atoms with Gasteiger partial charge in [-0.2, -0.15) is 0 Å². The number of aromatic amines is 1. The Labute approximate surface area is 103 Å². The van der Waals surface area contributed by atoms with Gasteiger partial charge in [-0.25, -0.2) is 4.98 Å². The van der Waals surface area contributed by atoms with E-state index >= 15 is 0 Å². The van der Waals surface area contributed by atoms with Gasteiger partial charge in [0.1, 0.15) is 9.39 Å². The zero-order chi connectivity index (χ0) is 11.2. The summed E-state index contributed by atoms with van der Waals surface area (Å²) in [6.45, 7) is 6.27. The van der Waals surface area contributed by atoms with Gasteiger partial charge in [0, 0.05) is 11.3 Å². The van der Waals surface area contributed by atoms with Gasteiger partial charge in [-0.1, -0.05) is 20.8 Å². The minimum atomic E-state index is -0.0611. The smallest absolute Gasteiger partial charge is 0.264 e. The molecule has 82 valence electrons. The summed E-state index contributed by atoms with van der Waals surface area (Å²) in [4.78, 5) is 19.2. The van der Waals surface area contributed by atoms with E-state index in [9.17, 15) is 4.79 Å². The van der Waals surface area contributed by atoms with E-state index in [0.29, 0.717) is 5.92 Å². The molecule has 0 amide bonds. The summed E-state index contributed by atoms with van der Waals surface area (Å²) in [6.07, 6.45) is 2.32. The molecule has 0 aliphatic heterocycles. The minimum Gasteiger partial charge on any atom is -0.309 e. The molecule has 0 bridgehead atoms. The third-order valence-corrected chi connectivity index (χ3v) is 3.56. The second-order valence-corrected chi connectivity index (χ2v) is 6.22. The van der Waals surface area contributed by atoms with Crippen LogP contribution in [-0.4, -0.2) is 9.97 Å². The van der Waals surface area contributed by atoms with Gasteiger partial charge in [0.2, 0.25) is 0 Å². The van der Waals surface area contributed by atoms with Crippen molar-refractivity contribution in [2.45, 2.75) is 44.9 Å². The maximum atomic E-state index is 11.7. The lowest BCUT2D eigenvalue weighted by Crippen LogP contribution is -2.25. The number of hydrogen-bond donors (Lipinski definition) is 1. The normalized spacial score (nSPS) is 16.8. The van der Waals surface area contributed by atoms with E-state index in [-0.39, 0.29) is 11.0 Å². The summed E-state index contributed by atoms with van der Waals surface area (Å²) in [7, 11) is 0. The van der Waals surface area contributed by atoms with Crippen molar-refractivity contribution in [1.29, 1.82) is 0 Å². The van der Waals surface area contributed by atoms with Gasteiger partial charge in [-0.15, -0.1) is 0 Å². The Balaban J connectivity index is 2.57. The third-order valence-electron chi connectivity index (χ3n) is 2.56. The topological polar surface area (TPSA) is 45.8 Å². The van der Waals surface area contributed by atoms with Crippen LogP contribution in [0.25, 0.3) is 0 Å². The largest absolute Gasteiger partial charge is 0.309 e. The van der Waals surface area contributed by atoms with Crippen molar-refractivity contribution in [3.8, 4) is 0 Å². The number of rotatable bonds is 1. The van der Waals surface area contributed by atoms with E-state index < -0.39 is 0 Å². The van der Waals surface area contributed by atoms with Crippen molar-refractivity contribution in [3.63, 3.8) is 0 Å². The van der Waals surface area contributed by atoms with Crippen LogP contribution in [0.4, 0.5) is 0 Å². The molecule has 0 atom stereocenters. The first-order valence-electron chi connectivity index (χ1n) is 5.20. The van der Waals surface area contributed by atoms with E-state index in [2.05, 4.69) is 53.3 Å². The van der Waals surface area contributed by atoms with Gasteiger partial charge in [0.05, 0.1) is 5.69 Å². The Morgan fingerprint density at radius 1 is 1.40 bits per heavy atom. The fraction of sp³-hybridized carbons (Fsp3) is 0.636. The van der Waals surface area contributed by atoms with Crippen LogP contribution in [0.5, 0.6) is 0 Å². The van der Waals surface area contributed by atoms with Gasteiger partial charge in [0.15, 0.2) is 0 Å². The standard InChI is InChI=1S/C11H15IN2O/c1-11(2,3)8-7(12)10(15)14-9(13-8)6-4-5-6/h6H,4-5H2,1-3H3,(H,13,14,15). The Kier molecular flexibility index (Phi) is 2.65. The lowest BCUT2D eigenvalue weighted by Gasteiger charge is -2.19. The molecule has 0 unspecified atom stereocenters. The molecule has 2 rings (SSSR count).